The Morgan fingerprint density at radius 2 is 0.944 bits per heavy atom. The Labute approximate surface area is 318 Å². The van der Waals surface area contributed by atoms with Crippen LogP contribution in [-0.4, -0.2) is 15.0 Å². The van der Waals surface area contributed by atoms with Crippen molar-refractivity contribution in [1.82, 2.24) is 15.0 Å². The van der Waals surface area contributed by atoms with Crippen LogP contribution < -0.4 is 0 Å². The Bertz CT molecular complexity index is 2200. The topological polar surface area (TPSA) is 66.8 Å². The molecular weight excluding hydrogens is 659 g/mol. The Morgan fingerprint density at radius 1 is 0.519 bits per heavy atom. The Balaban J connectivity index is 1.00. The monoisotopic (exact) mass is 703 g/mol. The zero-order valence-electron chi connectivity index (χ0n) is 30.8. The van der Waals surface area contributed by atoms with Gasteiger partial charge in [0.05, 0.1) is 12.6 Å². The van der Waals surface area contributed by atoms with Gasteiger partial charge in [-0.25, -0.2) is 19.8 Å². The molecule has 0 unspecified atom stereocenters. The molecule has 0 atom stereocenters. The molecule has 8 saturated carbocycles. The summed E-state index contributed by atoms with van der Waals surface area (Å²) < 4.78 is 0. The molecule has 0 radical (unpaired) electrons. The standard InChI is InChI=1S/C49H45N5/c1-51-41-14-15-42(38(22-41)29-50)43-4-2-3-5-44(43)47-53-45(36-6-10-39(11-7-36)48-23-30-16-31(24-48)18-32(17-30)25-48)52-46(54-47)37-8-12-40(13-9-37)49-26-33-19-34(27-49)21-35(20-33)28-49/h2-15,22,30-35H,16-21,23-28H2. The van der Waals surface area contributed by atoms with Gasteiger partial charge in [-0.1, -0.05) is 84.9 Å². The highest BCUT2D eigenvalue weighted by molar-refractivity contribution is 5.85. The summed E-state index contributed by atoms with van der Waals surface area (Å²) in [6.45, 7) is 7.50. The molecule has 8 aliphatic rings. The molecule has 266 valence electrons. The first kappa shape index (κ1) is 32.3. The Morgan fingerprint density at radius 3 is 1.37 bits per heavy atom. The molecule has 0 spiro atoms. The first-order valence-corrected chi connectivity index (χ1v) is 20.4. The van der Waals surface area contributed by atoms with Crippen LogP contribution in [0.5, 0.6) is 0 Å². The second kappa shape index (κ2) is 12.2. The van der Waals surface area contributed by atoms with Crippen molar-refractivity contribution in [3.63, 3.8) is 0 Å². The lowest BCUT2D eigenvalue weighted by Crippen LogP contribution is -2.48. The Hall–Kier alpha value is -5.13. The van der Waals surface area contributed by atoms with Crippen molar-refractivity contribution in [2.75, 3.05) is 0 Å². The minimum atomic E-state index is 0.335. The summed E-state index contributed by atoms with van der Waals surface area (Å²) >= 11 is 0. The van der Waals surface area contributed by atoms with E-state index in [9.17, 15) is 5.26 Å². The maximum Gasteiger partial charge on any atom is 0.188 e. The quantitative estimate of drug-likeness (QED) is 0.165. The fourth-order valence-electron chi connectivity index (χ4n) is 13.5. The number of rotatable bonds is 6. The number of nitriles is 1. The lowest BCUT2D eigenvalue weighted by Gasteiger charge is -2.57. The molecule has 0 amide bonds. The maximum atomic E-state index is 10.1. The fraction of sp³-hybridized carbons (Fsp3) is 0.408. The minimum Gasteiger partial charge on any atom is -0.238 e. The molecule has 1 heterocycles. The third-order valence-electron chi connectivity index (χ3n) is 14.9. The smallest absolute Gasteiger partial charge is 0.188 e. The summed E-state index contributed by atoms with van der Waals surface area (Å²) in [5.74, 6) is 7.31. The first-order chi connectivity index (χ1) is 26.4. The van der Waals surface area contributed by atoms with Gasteiger partial charge in [0.25, 0.3) is 0 Å². The molecule has 8 fully saturated rings. The summed E-state index contributed by atoms with van der Waals surface area (Å²) in [6.07, 6.45) is 16.7. The molecule has 0 aliphatic heterocycles. The summed E-state index contributed by atoms with van der Waals surface area (Å²) in [5.41, 5.74) is 9.04. The van der Waals surface area contributed by atoms with Crippen molar-refractivity contribution in [3.8, 4) is 51.4 Å². The molecule has 0 saturated heterocycles. The zero-order valence-corrected chi connectivity index (χ0v) is 30.8. The van der Waals surface area contributed by atoms with E-state index < -0.39 is 0 Å². The second-order valence-corrected chi connectivity index (χ2v) is 18.4. The van der Waals surface area contributed by atoms with Crippen LogP contribution in [0.4, 0.5) is 5.69 Å². The molecule has 8 aliphatic carbocycles. The van der Waals surface area contributed by atoms with E-state index in [1.54, 1.807) is 12.1 Å². The van der Waals surface area contributed by atoms with Gasteiger partial charge < -0.3 is 0 Å². The molecule has 5 heteroatoms. The van der Waals surface area contributed by atoms with Crippen LogP contribution in [0.15, 0.2) is 91.0 Å². The number of hydrogen-bond donors (Lipinski definition) is 0. The second-order valence-electron chi connectivity index (χ2n) is 18.4. The van der Waals surface area contributed by atoms with Crippen LogP contribution >= 0.6 is 0 Å². The highest BCUT2D eigenvalue weighted by atomic mass is 15.0. The largest absolute Gasteiger partial charge is 0.238 e. The van der Waals surface area contributed by atoms with Crippen molar-refractivity contribution < 1.29 is 0 Å². The highest BCUT2D eigenvalue weighted by Gasteiger charge is 2.52. The van der Waals surface area contributed by atoms with E-state index >= 15 is 0 Å². The van der Waals surface area contributed by atoms with Crippen LogP contribution in [0, 0.1) is 53.4 Å². The summed E-state index contributed by atoms with van der Waals surface area (Å²) in [6, 6.07) is 34.2. The van der Waals surface area contributed by atoms with E-state index in [1.165, 1.54) is 88.2 Å². The van der Waals surface area contributed by atoms with Crippen molar-refractivity contribution in [2.45, 2.75) is 87.9 Å². The predicted octanol–water partition coefficient (Wildman–Crippen LogP) is 11.9. The van der Waals surface area contributed by atoms with Crippen molar-refractivity contribution in [3.05, 3.63) is 119 Å². The van der Waals surface area contributed by atoms with E-state index in [1.807, 2.05) is 30.3 Å². The van der Waals surface area contributed by atoms with Gasteiger partial charge in [0, 0.05) is 22.3 Å². The highest BCUT2D eigenvalue weighted by Crippen LogP contribution is 2.62. The van der Waals surface area contributed by atoms with Crippen LogP contribution in [-0.2, 0) is 10.8 Å². The fourth-order valence-corrected chi connectivity index (χ4v) is 13.5. The third kappa shape index (κ3) is 5.26. The SMILES string of the molecule is [C-]#[N+]c1ccc(-c2ccccc2-c2nc(-c3ccc(C45CC6CC(CC(C6)C4)C5)cc3)nc(-c3ccc(C45CC6CC(CC(C6)C4)C5)cc3)n2)c(C#N)c1. The van der Waals surface area contributed by atoms with Gasteiger partial charge in [-0.3, -0.25) is 0 Å². The molecule has 1 aromatic heterocycles. The number of nitrogens with zero attached hydrogens (tertiary/aromatic N) is 5. The van der Waals surface area contributed by atoms with E-state index in [2.05, 4.69) is 59.4 Å². The lowest BCUT2D eigenvalue weighted by molar-refractivity contribution is -0.00530. The third-order valence-corrected chi connectivity index (χ3v) is 14.9. The summed E-state index contributed by atoms with van der Waals surface area (Å²) in [5, 5.41) is 10.1. The molecular formula is C49H45N5. The molecule has 5 aromatic rings. The van der Waals surface area contributed by atoms with E-state index in [0.717, 1.165) is 63.3 Å². The lowest BCUT2D eigenvalue weighted by atomic mass is 9.48. The Kier molecular flexibility index (Phi) is 7.30. The van der Waals surface area contributed by atoms with Crippen LogP contribution in [0.2, 0.25) is 0 Å². The van der Waals surface area contributed by atoms with Gasteiger partial charge in [-0.05, 0) is 152 Å². The van der Waals surface area contributed by atoms with E-state index in [-0.39, 0.29) is 0 Å². The molecule has 8 bridgehead atoms. The molecule has 4 aromatic carbocycles. The van der Waals surface area contributed by atoms with Gasteiger partial charge >= 0.3 is 0 Å². The van der Waals surface area contributed by atoms with Gasteiger partial charge in [0.15, 0.2) is 23.2 Å². The van der Waals surface area contributed by atoms with Crippen LogP contribution in [0.3, 0.4) is 0 Å². The molecule has 0 N–H and O–H groups in total. The average molecular weight is 704 g/mol. The molecule has 5 nitrogen and oxygen atoms in total. The van der Waals surface area contributed by atoms with Gasteiger partial charge in [-0.15, -0.1) is 0 Å². The summed E-state index contributed by atoms with van der Waals surface area (Å²) in [4.78, 5) is 19.1. The first-order valence-electron chi connectivity index (χ1n) is 20.4. The van der Waals surface area contributed by atoms with Crippen molar-refractivity contribution in [1.29, 1.82) is 5.26 Å². The van der Waals surface area contributed by atoms with Gasteiger partial charge in [0.1, 0.15) is 0 Å². The van der Waals surface area contributed by atoms with Crippen molar-refractivity contribution in [2.24, 2.45) is 35.5 Å². The molecule has 13 rings (SSSR count). The number of hydrogen-bond acceptors (Lipinski definition) is 4. The van der Waals surface area contributed by atoms with Gasteiger partial charge in [0.2, 0.25) is 0 Å². The predicted molar refractivity (Wildman–Crippen MR) is 212 cm³/mol. The van der Waals surface area contributed by atoms with Gasteiger partial charge in [-0.2, -0.15) is 5.26 Å². The van der Waals surface area contributed by atoms with Crippen molar-refractivity contribution >= 4 is 5.69 Å². The number of benzene rings is 4. The molecule has 54 heavy (non-hydrogen) atoms. The zero-order chi connectivity index (χ0) is 36.0. The normalized spacial score (nSPS) is 31.3. The number of aromatic nitrogens is 3. The van der Waals surface area contributed by atoms with E-state index in [4.69, 9.17) is 21.5 Å². The average Bonchev–Trinajstić information content (AvgIpc) is 3.19. The van der Waals surface area contributed by atoms with E-state index in [0.29, 0.717) is 39.6 Å². The summed E-state index contributed by atoms with van der Waals surface area (Å²) in [7, 11) is 0. The van der Waals surface area contributed by atoms with Crippen LogP contribution in [0.25, 0.3) is 50.1 Å². The maximum absolute atomic E-state index is 10.1. The van der Waals surface area contributed by atoms with Crippen LogP contribution in [0.1, 0.15) is 93.7 Å². The minimum absolute atomic E-state index is 0.335.